The van der Waals surface area contributed by atoms with Crippen LogP contribution in [0, 0.1) is 0 Å². The van der Waals surface area contributed by atoms with Crippen LogP contribution in [0.1, 0.15) is 5.82 Å². The molecule has 0 bridgehead atoms. The average molecular weight is 326 g/mol. The van der Waals surface area contributed by atoms with E-state index in [1.807, 2.05) is 36.4 Å². The van der Waals surface area contributed by atoms with E-state index in [-0.39, 0.29) is 0 Å². The second-order valence-corrected chi connectivity index (χ2v) is 5.59. The molecule has 1 heterocycles. The highest BCUT2D eigenvalue weighted by molar-refractivity contribution is 6.42. The maximum absolute atomic E-state index is 6.13. The van der Waals surface area contributed by atoms with Crippen LogP contribution in [-0.2, 0) is 6.42 Å². The molecule has 0 saturated heterocycles. The van der Waals surface area contributed by atoms with Crippen molar-refractivity contribution in [1.29, 1.82) is 0 Å². The van der Waals surface area contributed by atoms with Crippen molar-refractivity contribution in [2.75, 3.05) is 5.88 Å². The van der Waals surface area contributed by atoms with E-state index >= 15 is 0 Å². The maximum Gasteiger partial charge on any atom is 0.115 e. The number of benzene rings is 2. The Kier molecular flexibility index (Phi) is 3.88. The summed E-state index contributed by atoms with van der Waals surface area (Å²) in [5.74, 6) is 1.41. The third kappa shape index (κ3) is 2.39. The highest BCUT2D eigenvalue weighted by Gasteiger charge is 2.14. The predicted molar refractivity (Wildman–Crippen MR) is 85.5 cm³/mol. The Morgan fingerprint density at radius 2 is 1.70 bits per heavy atom. The van der Waals surface area contributed by atoms with Crippen LogP contribution >= 0.6 is 34.8 Å². The molecular weight excluding hydrogens is 315 g/mol. The molecule has 2 nitrogen and oxygen atoms in total. The molecule has 0 amide bonds. The van der Waals surface area contributed by atoms with Gasteiger partial charge >= 0.3 is 0 Å². The van der Waals surface area contributed by atoms with Crippen LogP contribution < -0.4 is 0 Å². The van der Waals surface area contributed by atoms with Crippen LogP contribution in [0.5, 0.6) is 0 Å². The SMILES string of the molecule is ClCCc1nc2cc(Cl)c(Cl)cc2n1-c1ccccc1. The van der Waals surface area contributed by atoms with E-state index < -0.39 is 0 Å². The molecule has 0 radical (unpaired) electrons. The van der Waals surface area contributed by atoms with Crippen LogP contribution in [0.15, 0.2) is 42.5 Å². The summed E-state index contributed by atoms with van der Waals surface area (Å²) in [6.45, 7) is 0. The number of imidazole rings is 1. The number of hydrogen-bond acceptors (Lipinski definition) is 1. The smallest absolute Gasteiger partial charge is 0.115 e. The van der Waals surface area contributed by atoms with Gasteiger partial charge in [-0.1, -0.05) is 41.4 Å². The van der Waals surface area contributed by atoms with Gasteiger partial charge in [0.05, 0.1) is 21.1 Å². The third-order valence-electron chi connectivity index (χ3n) is 3.10. The zero-order valence-corrected chi connectivity index (χ0v) is 12.8. The number of fused-ring (bicyclic) bond motifs is 1. The first kappa shape index (κ1) is 13.7. The number of alkyl halides is 1. The van der Waals surface area contributed by atoms with Gasteiger partial charge in [0, 0.05) is 18.0 Å². The summed E-state index contributed by atoms with van der Waals surface area (Å²) in [6.07, 6.45) is 0.681. The summed E-state index contributed by atoms with van der Waals surface area (Å²) in [5, 5.41) is 1.03. The number of aromatic nitrogens is 2. The molecule has 20 heavy (non-hydrogen) atoms. The van der Waals surface area contributed by atoms with Crippen molar-refractivity contribution >= 4 is 45.8 Å². The van der Waals surface area contributed by atoms with Gasteiger partial charge < -0.3 is 0 Å². The van der Waals surface area contributed by atoms with Crippen LogP contribution in [-0.4, -0.2) is 15.4 Å². The van der Waals surface area contributed by atoms with Crippen molar-refractivity contribution < 1.29 is 0 Å². The van der Waals surface area contributed by atoms with Gasteiger partial charge in [-0.2, -0.15) is 0 Å². The molecule has 102 valence electrons. The third-order valence-corrected chi connectivity index (χ3v) is 4.01. The number of rotatable bonds is 3. The molecule has 3 rings (SSSR count). The van der Waals surface area contributed by atoms with Crippen molar-refractivity contribution in [3.8, 4) is 5.69 Å². The van der Waals surface area contributed by atoms with Crippen LogP contribution in [0.3, 0.4) is 0 Å². The quantitative estimate of drug-likeness (QED) is 0.612. The molecular formula is C15H11Cl3N2. The van der Waals surface area contributed by atoms with Crippen molar-refractivity contribution in [2.24, 2.45) is 0 Å². The van der Waals surface area contributed by atoms with Crippen LogP contribution in [0.4, 0.5) is 0 Å². The molecule has 5 heteroatoms. The Hall–Kier alpha value is -1.22. The molecule has 0 spiro atoms. The fourth-order valence-electron chi connectivity index (χ4n) is 2.24. The van der Waals surface area contributed by atoms with E-state index in [1.165, 1.54) is 0 Å². The highest BCUT2D eigenvalue weighted by Crippen LogP contribution is 2.30. The number of nitrogens with zero attached hydrogens (tertiary/aromatic N) is 2. The number of aryl methyl sites for hydroxylation is 1. The average Bonchev–Trinajstić information content (AvgIpc) is 2.78. The van der Waals surface area contributed by atoms with Crippen molar-refractivity contribution in [3.63, 3.8) is 0 Å². The van der Waals surface area contributed by atoms with Gasteiger partial charge in [-0.15, -0.1) is 11.6 Å². The summed E-state index contributed by atoms with van der Waals surface area (Å²) in [6, 6.07) is 13.6. The molecule has 0 saturated carbocycles. The molecule has 1 aromatic heterocycles. The first-order chi connectivity index (χ1) is 9.70. The van der Waals surface area contributed by atoms with Gasteiger partial charge in [-0.25, -0.2) is 4.98 Å². The van der Waals surface area contributed by atoms with Gasteiger partial charge in [0.15, 0.2) is 0 Å². The zero-order valence-electron chi connectivity index (χ0n) is 10.5. The largest absolute Gasteiger partial charge is 0.296 e. The Bertz CT molecular complexity index is 751. The maximum atomic E-state index is 6.13. The van der Waals surface area contributed by atoms with E-state index in [4.69, 9.17) is 34.8 Å². The van der Waals surface area contributed by atoms with Gasteiger partial charge in [-0.3, -0.25) is 4.57 Å². The van der Waals surface area contributed by atoms with E-state index in [0.29, 0.717) is 22.3 Å². The van der Waals surface area contributed by atoms with E-state index in [0.717, 1.165) is 22.5 Å². The second kappa shape index (κ2) is 5.65. The number of para-hydroxylation sites is 1. The minimum absolute atomic E-state index is 0.509. The second-order valence-electron chi connectivity index (χ2n) is 4.39. The summed E-state index contributed by atoms with van der Waals surface area (Å²) in [7, 11) is 0. The minimum Gasteiger partial charge on any atom is -0.296 e. The lowest BCUT2D eigenvalue weighted by atomic mass is 10.2. The van der Waals surface area contributed by atoms with Crippen molar-refractivity contribution in [3.05, 3.63) is 58.3 Å². The lowest BCUT2D eigenvalue weighted by Gasteiger charge is -2.08. The highest BCUT2D eigenvalue weighted by atomic mass is 35.5. The van der Waals surface area contributed by atoms with Crippen LogP contribution in [0.2, 0.25) is 10.0 Å². The summed E-state index contributed by atoms with van der Waals surface area (Å²) in [5.41, 5.74) is 2.79. The molecule has 0 aliphatic rings. The van der Waals surface area contributed by atoms with Crippen molar-refractivity contribution in [1.82, 2.24) is 9.55 Å². The number of halogens is 3. The van der Waals surface area contributed by atoms with Crippen LogP contribution in [0.25, 0.3) is 16.7 Å². The van der Waals surface area contributed by atoms with E-state index in [2.05, 4.69) is 9.55 Å². The minimum atomic E-state index is 0.509. The molecule has 0 N–H and O–H groups in total. The molecule has 0 atom stereocenters. The zero-order chi connectivity index (χ0) is 14.1. The predicted octanol–water partition coefficient (Wildman–Crippen LogP) is 5.11. The number of hydrogen-bond donors (Lipinski definition) is 0. The van der Waals surface area contributed by atoms with Gasteiger partial charge in [0.1, 0.15) is 5.82 Å². The van der Waals surface area contributed by atoms with Crippen molar-refractivity contribution in [2.45, 2.75) is 6.42 Å². The van der Waals surface area contributed by atoms with Gasteiger partial charge in [0.2, 0.25) is 0 Å². The normalized spacial score (nSPS) is 11.2. The fourth-order valence-corrected chi connectivity index (χ4v) is 2.72. The van der Waals surface area contributed by atoms with Gasteiger partial charge in [-0.05, 0) is 24.3 Å². The van der Waals surface area contributed by atoms with E-state index in [1.54, 1.807) is 6.07 Å². The lowest BCUT2D eigenvalue weighted by molar-refractivity contribution is 0.912. The molecule has 0 fully saturated rings. The Morgan fingerprint density at radius 3 is 2.40 bits per heavy atom. The summed E-state index contributed by atoms with van der Waals surface area (Å²) < 4.78 is 2.07. The molecule has 2 aromatic carbocycles. The topological polar surface area (TPSA) is 17.8 Å². The summed E-state index contributed by atoms with van der Waals surface area (Å²) >= 11 is 18.1. The molecule has 3 aromatic rings. The first-order valence-electron chi connectivity index (χ1n) is 6.18. The lowest BCUT2D eigenvalue weighted by Crippen LogP contribution is -2.01. The Labute approximate surface area is 131 Å². The molecule has 0 unspecified atom stereocenters. The fraction of sp³-hybridized carbons (Fsp3) is 0.133. The van der Waals surface area contributed by atoms with Gasteiger partial charge in [0.25, 0.3) is 0 Å². The molecule has 0 aliphatic carbocycles. The Morgan fingerprint density at radius 1 is 1.00 bits per heavy atom. The van der Waals surface area contributed by atoms with E-state index in [9.17, 15) is 0 Å². The first-order valence-corrected chi connectivity index (χ1v) is 7.47. The monoisotopic (exact) mass is 324 g/mol. The standard InChI is InChI=1S/C15H11Cl3N2/c16-7-6-15-19-13-8-11(17)12(18)9-14(13)20(15)10-4-2-1-3-5-10/h1-5,8-9H,6-7H2. The Balaban J connectivity index is 2.32. The molecule has 0 aliphatic heterocycles. The summed E-state index contributed by atoms with van der Waals surface area (Å²) in [4.78, 5) is 4.62.